The topological polar surface area (TPSA) is 68.7 Å². The molecule has 132 valence electrons. The summed E-state index contributed by atoms with van der Waals surface area (Å²) in [6, 6.07) is 3.65. The molecular weight excluding hydrogens is 371 g/mol. The van der Waals surface area contributed by atoms with E-state index in [9.17, 15) is 13.6 Å². The van der Waals surface area contributed by atoms with Crippen LogP contribution in [0.15, 0.2) is 6.07 Å². The average molecular weight is 386 g/mol. The van der Waals surface area contributed by atoms with E-state index in [0.29, 0.717) is 27.7 Å². The number of hydrogen-bond acceptors (Lipinski definition) is 2. The summed E-state index contributed by atoms with van der Waals surface area (Å²) in [6.45, 7) is 0.966. The SMILES string of the molecule is CC(F)(F)C[C@@H]1CNC(=O)Cc2c1[nH]c1c(Cl)c(Cl)cc(CC#N)c21. The molecule has 0 bridgehead atoms. The molecule has 1 aromatic heterocycles. The number of nitrogens with zero attached hydrogens (tertiary/aromatic N) is 1. The number of carbonyl (C=O) groups excluding carboxylic acids is 1. The van der Waals surface area contributed by atoms with Crippen molar-refractivity contribution in [2.75, 3.05) is 6.54 Å². The fourth-order valence-electron chi connectivity index (χ4n) is 3.41. The van der Waals surface area contributed by atoms with Gasteiger partial charge in [0.2, 0.25) is 11.8 Å². The van der Waals surface area contributed by atoms with Gasteiger partial charge in [0.1, 0.15) is 0 Å². The van der Waals surface area contributed by atoms with Crippen molar-refractivity contribution in [3.63, 3.8) is 0 Å². The number of nitrogens with one attached hydrogen (secondary N) is 2. The van der Waals surface area contributed by atoms with Crippen LogP contribution in [-0.2, 0) is 17.6 Å². The Hall–Kier alpha value is -1.84. The van der Waals surface area contributed by atoms with Crippen LogP contribution in [0, 0.1) is 11.3 Å². The molecular formula is C17H15Cl2F2N3O. The number of amides is 1. The van der Waals surface area contributed by atoms with Crippen LogP contribution >= 0.6 is 23.2 Å². The Morgan fingerprint density at radius 2 is 2.16 bits per heavy atom. The van der Waals surface area contributed by atoms with Crippen molar-refractivity contribution in [1.82, 2.24) is 10.3 Å². The maximum absolute atomic E-state index is 13.6. The largest absolute Gasteiger partial charge is 0.357 e. The molecule has 25 heavy (non-hydrogen) atoms. The highest BCUT2D eigenvalue weighted by atomic mass is 35.5. The molecule has 8 heteroatoms. The molecule has 0 fully saturated rings. The smallest absolute Gasteiger partial charge is 0.246 e. The van der Waals surface area contributed by atoms with Gasteiger partial charge < -0.3 is 10.3 Å². The van der Waals surface area contributed by atoms with E-state index in [1.165, 1.54) is 0 Å². The Balaban J connectivity index is 2.28. The van der Waals surface area contributed by atoms with E-state index in [-0.39, 0.29) is 35.3 Å². The molecule has 1 atom stereocenters. The number of hydrogen-bond donors (Lipinski definition) is 2. The van der Waals surface area contributed by atoms with Gasteiger partial charge in [-0.3, -0.25) is 4.79 Å². The highest BCUT2D eigenvalue weighted by Crippen LogP contribution is 2.41. The molecule has 1 aliphatic heterocycles. The van der Waals surface area contributed by atoms with Crippen LogP contribution < -0.4 is 5.32 Å². The summed E-state index contributed by atoms with van der Waals surface area (Å²) >= 11 is 12.4. The maximum Gasteiger partial charge on any atom is 0.246 e. The van der Waals surface area contributed by atoms with E-state index in [4.69, 9.17) is 28.5 Å². The van der Waals surface area contributed by atoms with Crippen molar-refractivity contribution in [3.05, 3.63) is 32.9 Å². The second kappa shape index (κ2) is 6.47. The third-order valence-corrected chi connectivity index (χ3v) is 5.14. The Kier molecular flexibility index (Phi) is 4.65. The predicted molar refractivity (Wildman–Crippen MR) is 92.3 cm³/mol. The average Bonchev–Trinajstić information content (AvgIpc) is 2.81. The van der Waals surface area contributed by atoms with Gasteiger partial charge in [-0.05, 0) is 24.1 Å². The molecule has 0 unspecified atom stereocenters. The lowest BCUT2D eigenvalue weighted by Gasteiger charge is -2.19. The van der Waals surface area contributed by atoms with Crippen LogP contribution in [-0.4, -0.2) is 23.4 Å². The lowest BCUT2D eigenvalue weighted by atomic mass is 9.93. The van der Waals surface area contributed by atoms with E-state index in [1.807, 2.05) is 0 Å². The first-order valence-electron chi connectivity index (χ1n) is 7.74. The summed E-state index contributed by atoms with van der Waals surface area (Å²) in [7, 11) is 0. The summed E-state index contributed by atoms with van der Waals surface area (Å²) in [4.78, 5) is 15.2. The number of rotatable bonds is 3. The molecule has 0 radical (unpaired) electrons. The number of H-pyrrole nitrogens is 1. The zero-order chi connectivity index (χ0) is 18.4. The molecule has 0 spiro atoms. The quantitative estimate of drug-likeness (QED) is 0.824. The minimum Gasteiger partial charge on any atom is -0.357 e. The molecule has 2 N–H and O–H groups in total. The molecule has 1 amide bonds. The van der Waals surface area contributed by atoms with E-state index in [2.05, 4.69) is 16.4 Å². The van der Waals surface area contributed by atoms with Crippen LogP contribution in [0.1, 0.15) is 36.1 Å². The third kappa shape index (κ3) is 3.44. The number of benzene rings is 1. The number of nitriles is 1. The molecule has 1 aliphatic rings. The second-order valence-corrected chi connectivity index (χ2v) is 7.17. The van der Waals surface area contributed by atoms with Crippen LogP contribution in [0.5, 0.6) is 0 Å². The Labute approximate surface area is 153 Å². The minimum absolute atomic E-state index is 0.0392. The van der Waals surface area contributed by atoms with E-state index in [1.54, 1.807) is 6.07 Å². The highest BCUT2D eigenvalue weighted by Gasteiger charge is 2.34. The maximum atomic E-state index is 13.6. The van der Waals surface area contributed by atoms with Gasteiger partial charge in [-0.25, -0.2) is 8.78 Å². The summed E-state index contributed by atoms with van der Waals surface area (Å²) in [5, 5.41) is 12.9. The summed E-state index contributed by atoms with van der Waals surface area (Å²) in [5.41, 5.74) is 2.28. The van der Waals surface area contributed by atoms with Gasteiger partial charge in [0, 0.05) is 30.0 Å². The van der Waals surface area contributed by atoms with Gasteiger partial charge in [0.25, 0.3) is 0 Å². The third-order valence-electron chi connectivity index (χ3n) is 4.35. The molecule has 2 heterocycles. The highest BCUT2D eigenvalue weighted by molar-refractivity contribution is 6.45. The zero-order valence-electron chi connectivity index (χ0n) is 13.4. The Bertz CT molecular complexity index is 896. The monoisotopic (exact) mass is 385 g/mol. The molecule has 0 saturated heterocycles. The van der Waals surface area contributed by atoms with Gasteiger partial charge in [-0.15, -0.1) is 0 Å². The molecule has 0 aliphatic carbocycles. The van der Waals surface area contributed by atoms with E-state index in [0.717, 1.165) is 6.92 Å². The van der Waals surface area contributed by atoms with Gasteiger partial charge in [-0.2, -0.15) is 5.26 Å². The first-order valence-corrected chi connectivity index (χ1v) is 8.49. The van der Waals surface area contributed by atoms with Crippen LogP contribution in [0.25, 0.3) is 10.9 Å². The lowest BCUT2D eigenvalue weighted by Crippen LogP contribution is -2.28. The lowest BCUT2D eigenvalue weighted by molar-refractivity contribution is -0.120. The standard InChI is InChI=1S/C17H15Cl2F2N3O/c1-17(20,21)6-9-7-23-12(25)5-10-13-8(2-3-22)4-11(18)14(19)16(13)24-15(9)10/h4,9,24H,2,5-7H2,1H3,(H,23,25)/t9-/m1/s1. The van der Waals surface area contributed by atoms with Crippen molar-refractivity contribution >= 4 is 40.0 Å². The molecule has 1 aromatic carbocycles. The Morgan fingerprint density at radius 3 is 2.80 bits per heavy atom. The van der Waals surface area contributed by atoms with Crippen molar-refractivity contribution < 1.29 is 13.6 Å². The Morgan fingerprint density at radius 1 is 1.44 bits per heavy atom. The van der Waals surface area contributed by atoms with Gasteiger partial charge in [-0.1, -0.05) is 23.2 Å². The van der Waals surface area contributed by atoms with Gasteiger partial charge in [0.15, 0.2) is 0 Å². The van der Waals surface area contributed by atoms with Crippen molar-refractivity contribution in [2.24, 2.45) is 0 Å². The number of fused-ring (bicyclic) bond motifs is 3. The number of halogens is 4. The molecule has 3 rings (SSSR count). The van der Waals surface area contributed by atoms with E-state index >= 15 is 0 Å². The van der Waals surface area contributed by atoms with Gasteiger partial charge >= 0.3 is 0 Å². The number of carbonyl (C=O) groups is 1. The molecule has 2 aromatic rings. The van der Waals surface area contributed by atoms with Crippen molar-refractivity contribution in [1.29, 1.82) is 5.26 Å². The summed E-state index contributed by atoms with van der Waals surface area (Å²) < 4.78 is 27.2. The van der Waals surface area contributed by atoms with Crippen LogP contribution in [0.4, 0.5) is 8.78 Å². The first-order chi connectivity index (χ1) is 11.7. The number of aromatic amines is 1. The molecule has 4 nitrogen and oxygen atoms in total. The predicted octanol–water partition coefficient (Wildman–Crippen LogP) is 4.34. The molecule has 0 saturated carbocycles. The second-order valence-electron chi connectivity index (χ2n) is 6.39. The van der Waals surface area contributed by atoms with Crippen LogP contribution in [0.2, 0.25) is 10.0 Å². The number of aromatic nitrogens is 1. The first kappa shape index (κ1) is 18.0. The summed E-state index contributed by atoms with van der Waals surface area (Å²) in [5.74, 6) is -3.72. The fraction of sp³-hybridized carbons (Fsp3) is 0.412. The fourth-order valence-corrected chi connectivity index (χ4v) is 3.83. The normalized spacial score (nSPS) is 17.8. The van der Waals surface area contributed by atoms with Crippen molar-refractivity contribution in [3.8, 4) is 6.07 Å². The van der Waals surface area contributed by atoms with Crippen LogP contribution in [0.3, 0.4) is 0 Å². The summed E-state index contributed by atoms with van der Waals surface area (Å²) in [6.07, 6.45) is -0.294. The van der Waals surface area contributed by atoms with E-state index < -0.39 is 18.3 Å². The van der Waals surface area contributed by atoms with Crippen molar-refractivity contribution in [2.45, 2.75) is 38.0 Å². The zero-order valence-corrected chi connectivity index (χ0v) is 14.9. The minimum atomic E-state index is -2.88. The number of alkyl halides is 2. The van der Waals surface area contributed by atoms with Gasteiger partial charge in [0.05, 0.1) is 34.5 Å².